The summed E-state index contributed by atoms with van der Waals surface area (Å²) < 4.78 is 0. The fourth-order valence-electron chi connectivity index (χ4n) is 8.36. The summed E-state index contributed by atoms with van der Waals surface area (Å²) in [6.45, 7) is 9.73. The van der Waals surface area contributed by atoms with Gasteiger partial charge in [-0.1, -0.05) is 40.5 Å². The van der Waals surface area contributed by atoms with Crippen LogP contribution in [0.5, 0.6) is 0 Å². The van der Waals surface area contributed by atoms with E-state index in [0.717, 1.165) is 24.7 Å². The number of rotatable bonds is 3. The Hall–Kier alpha value is -0.660. The monoisotopic (exact) mass is 358 g/mol. The normalized spacial score (nSPS) is 49.3. The number of Topliss-reactive ketones (excluding diaryl/α,β-unsaturated/α-hetero) is 2. The smallest absolute Gasteiger partial charge is 0.136 e. The van der Waals surface area contributed by atoms with E-state index in [-0.39, 0.29) is 5.41 Å². The van der Waals surface area contributed by atoms with Crippen molar-refractivity contribution in [1.29, 1.82) is 0 Å². The number of fused-ring (bicyclic) bond motifs is 5. The van der Waals surface area contributed by atoms with Crippen LogP contribution < -0.4 is 0 Å². The quantitative estimate of drug-likeness (QED) is 0.636. The third-order valence-electron chi connectivity index (χ3n) is 9.79. The topological polar surface area (TPSA) is 34.1 Å². The Morgan fingerprint density at radius 3 is 2.46 bits per heavy atom. The summed E-state index contributed by atoms with van der Waals surface area (Å²) in [5.41, 5.74) is 0.611. The van der Waals surface area contributed by atoms with E-state index in [1.165, 1.54) is 38.5 Å². The van der Waals surface area contributed by atoms with Gasteiger partial charge in [0.1, 0.15) is 11.6 Å². The predicted molar refractivity (Wildman–Crippen MR) is 105 cm³/mol. The van der Waals surface area contributed by atoms with Crippen LogP contribution in [0.4, 0.5) is 0 Å². The zero-order chi connectivity index (χ0) is 18.7. The maximum absolute atomic E-state index is 13.3. The van der Waals surface area contributed by atoms with Crippen LogP contribution in [-0.2, 0) is 9.59 Å². The van der Waals surface area contributed by atoms with Crippen LogP contribution in [0.15, 0.2) is 0 Å². The van der Waals surface area contributed by atoms with Crippen LogP contribution >= 0.6 is 0 Å². The first-order chi connectivity index (χ1) is 12.3. The standard InChI is InChI=1S/C24H38O2/c1-5-6-15(2)18-7-8-19-22-20(10-12-24(18,19)4)23(3)11-9-17(25)13-16(23)14-21(22)26/h15-16,18-20,22H,5-14H2,1-4H3/t15-,16+,18-,19?,20?,22+,23+,24-/m1/s1. The van der Waals surface area contributed by atoms with Gasteiger partial charge in [0, 0.05) is 25.2 Å². The molecule has 2 unspecified atom stereocenters. The number of hydrogen-bond donors (Lipinski definition) is 0. The van der Waals surface area contributed by atoms with Gasteiger partial charge in [0.2, 0.25) is 0 Å². The van der Waals surface area contributed by atoms with Crippen LogP contribution in [0.25, 0.3) is 0 Å². The van der Waals surface area contributed by atoms with Gasteiger partial charge < -0.3 is 0 Å². The van der Waals surface area contributed by atoms with Gasteiger partial charge in [-0.05, 0) is 72.5 Å². The molecule has 0 bridgehead atoms. The SMILES string of the molecule is CCC[C@@H](C)[C@H]1CCC2[C@@H]3C(=O)C[C@@H]4CC(=O)CC[C@]4(C)C3CC[C@@]21C. The van der Waals surface area contributed by atoms with Crippen LogP contribution in [0.3, 0.4) is 0 Å². The Morgan fingerprint density at radius 1 is 1.00 bits per heavy atom. The van der Waals surface area contributed by atoms with Crippen molar-refractivity contribution >= 4 is 11.6 Å². The molecular formula is C24H38O2. The van der Waals surface area contributed by atoms with E-state index in [2.05, 4.69) is 27.7 Å². The van der Waals surface area contributed by atoms with E-state index in [0.29, 0.717) is 53.5 Å². The summed E-state index contributed by atoms with van der Waals surface area (Å²) in [7, 11) is 0. The van der Waals surface area contributed by atoms with E-state index in [1.54, 1.807) is 0 Å². The molecule has 4 fully saturated rings. The van der Waals surface area contributed by atoms with E-state index in [9.17, 15) is 9.59 Å². The van der Waals surface area contributed by atoms with Gasteiger partial charge in [0.15, 0.2) is 0 Å². The average Bonchev–Trinajstić information content (AvgIpc) is 2.94. The minimum Gasteiger partial charge on any atom is -0.300 e. The lowest BCUT2D eigenvalue weighted by Gasteiger charge is -2.59. The first-order valence-corrected chi connectivity index (χ1v) is 11.4. The van der Waals surface area contributed by atoms with Gasteiger partial charge in [0.05, 0.1) is 0 Å². The van der Waals surface area contributed by atoms with Crippen molar-refractivity contribution in [2.24, 2.45) is 46.3 Å². The van der Waals surface area contributed by atoms with E-state index >= 15 is 0 Å². The van der Waals surface area contributed by atoms with Gasteiger partial charge in [-0.3, -0.25) is 9.59 Å². The summed E-state index contributed by atoms with van der Waals surface area (Å²) >= 11 is 0. The minimum absolute atomic E-state index is 0.237. The molecule has 4 aliphatic carbocycles. The molecule has 2 nitrogen and oxygen atoms in total. The Labute approximate surface area is 159 Å². The van der Waals surface area contributed by atoms with Crippen LogP contribution in [-0.4, -0.2) is 11.6 Å². The zero-order valence-corrected chi connectivity index (χ0v) is 17.4. The van der Waals surface area contributed by atoms with Crippen molar-refractivity contribution in [2.75, 3.05) is 0 Å². The molecule has 146 valence electrons. The summed E-state index contributed by atoms with van der Waals surface area (Å²) in [5, 5.41) is 0. The van der Waals surface area contributed by atoms with Gasteiger partial charge in [0.25, 0.3) is 0 Å². The molecule has 0 aromatic carbocycles. The van der Waals surface area contributed by atoms with E-state index in [4.69, 9.17) is 0 Å². The molecule has 0 radical (unpaired) electrons. The number of carbonyl (C=O) groups excluding carboxylic acids is 2. The van der Waals surface area contributed by atoms with E-state index in [1.807, 2.05) is 0 Å². The lowest BCUT2D eigenvalue weighted by atomic mass is 9.44. The largest absolute Gasteiger partial charge is 0.300 e. The summed E-state index contributed by atoms with van der Waals surface area (Å²) in [5.74, 6) is 4.29. The number of carbonyl (C=O) groups is 2. The molecule has 26 heavy (non-hydrogen) atoms. The fraction of sp³-hybridized carbons (Fsp3) is 0.917. The van der Waals surface area contributed by atoms with Crippen molar-refractivity contribution in [3.63, 3.8) is 0 Å². The van der Waals surface area contributed by atoms with E-state index < -0.39 is 0 Å². The molecule has 0 heterocycles. The second kappa shape index (κ2) is 6.45. The second-order valence-electron chi connectivity index (χ2n) is 10.8. The molecule has 0 amide bonds. The predicted octanol–water partition coefficient (Wildman–Crippen LogP) is 5.83. The van der Waals surface area contributed by atoms with Crippen molar-refractivity contribution in [3.8, 4) is 0 Å². The molecule has 0 aromatic heterocycles. The lowest BCUT2D eigenvalue weighted by Crippen LogP contribution is -2.57. The van der Waals surface area contributed by atoms with Crippen molar-refractivity contribution in [3.05, 3.63) is 0 Å². The molecule has 8 atom stereocenters. The third kappa shape index (κ3) is 2.57. The molecule has 0 aromatic rings. The van der Waals surface area contributed by atoms with Crippen molar-refractivity contribution in [1.82, 2.24) is 0 Å². The Balaban J connectivity index is 1.63. The van der Waals surface area contributed by atoms with Gasteiger partial charge in [-0.25, -0.2) is 0 Å². The molecule has 2 heteroatoms. The molecule has 0 aliphatic heterocycles. The molecule has 4 rings (SSSR count). The maximum Gasteiger partial charge on any atom is 0.136 e. The van der Waals surface area contributed by atoms with Gasteiger partial charge in [-0.15, -0.1) is 0 Å². The highest BCUT2D eigenvalue weighted by Crippen LogP contribution is 2.67. The first-order valence-electron chi connectivity index (χ1n) is 11.4. The van der Waals surface area contributed by atoms with Gasteiger partial charge in [-0.2, -0.15) is 0 Å². The van der Waals surface area contributed by atoms with Crippen LogP contribution in [0.1, 0.15) is 91.9 Å². The first kappa shape index (κ1) is 18.7. The highest BCUT2D eigenvalue weighted by atomic mass is 16.1. The summed E-state index contributed by atoms with van der Waals surface area (Å²) in [6, 6.07) is 0. The van der Waals surface area contributed by atoms with Gasteiger partial charge >= 0.3 is 0 Å². The Kier molecular flexibility index (Phi) is 4.64. The zero-order valence-electron chi connectivity index (χ0n) is 17.4. The minimum atomic E-state index is 0.237. The highest BCUT2D eigenvalue weighted by molar-refractivity contribution is 5.86. The van der Waals surface area contributed by atoms with Crippen LogP contribution in [0, 0.1) is 46.3 Å². The third-order valence-corrected chi connectivity index (χ3v) is 9.79. The molecule has 0 spiro atoms. The molecule has 0 saturated heterocycles. The Bertz CT molecular complexity index is 595. The molecule has 4 saturated carbocycles. The summed E-state index contributed by atoms with van der Waals surface area (Å²) in [6.07, 6.45) is 10.9. The number of hydrogen-bond acceptors (Lipinski definition) is 2. The average molecular weight is 359 g/mol. The highest BCUT2D eigenvalue weighted by Gasteiger charge is 2.62. The van der Waals surface area contributed by atoms with Crippen LogP contribution in [0.2, 0.25) is 0 Å². The lowest BCUT2D eigenvalue weighted by molar-refractivity contribution is -0.159. The maximum atomic E-state index is 13.3. The molecular weight excluding hydrogens is 320 g/mol. The summed E-state index contributed by atoms with van der Waals surface area (Å²) in [4.78, 5) is 25.3. The Morgan fingerprint density at radius 2 is 1.73 bits per heavy atom. The number of ketones is 2. The second-order valence-corrected chi connectivity index (χ2v) is 10.8. The molecule has 4 aliphatic rings. The van der Waals surface area contributed by atoms with Crippen molar-refractivity contribution < 1.29 is 9.59 Å². The fourth-order valence-corrected chi connectivity index (χ4v) is 8.36. The van der Waals surface area contributed by atoms with Crippen molar-refractivity contribution in [2.45, 2.75) is 91.9 Å². The molecule has 0 N–H and O–H groups in total.